The number of halogens is 1. The Labute approximate surface area is 238 Å². The summed E-state index contributed by atoms with van der Waals surface area (Å²) in [6, 6.07) is 16.8. The molecule has 1 heterocycles. The van der Waals surface area contributed by atoms with Gasteiger partial charge in [0.2, 0.25) is 10.0 Å². The molecular weight excluding hydrogens is 551 g/mol. The summed E-state index contributed by atoms with van der Waals surface area (Å²) >= 11 is 0. The highest BCUT2D eigenvalue weighted by atomic mass is 32.2. The Hall–Kier alpha value is -4.00. The van der Waals surface area contributed by atoms with Crippen molar-refractivity contribution in [3.05, 3.63) is 84.2 Å². The maximum atomic E-state index is 13.6. The van der Waals surface area contributed by atoms with Crippen molar-refractivity contribution in [2.45, 2.75) is 30.9 Å². The van der Waals surface area contributed by atoms with Crippen LogP contribution in [0.4, 0.5) is 20.6 Å². The molecular formula is C29H33FN4O6S. The van der Waals surface area contributed by atoms with E-state index in [1.165, 1.54) is 58.7 Å². The van der Waals surface area contributed by atoms with Crippen LogP contribution in [-0.4, -0.2) is 73.6 Å². The number of aliphatic hydroxyl groups excluding tert-OH is 1. The predicted molar refractivity (Wildman–Crippen MR) is 153 cm³/mol. The van der Waals surface area contributed by atoms with Crippen LogP contribution >= 0.6 is 0 Å². The molecule has 0 spiro atoms. The minimum Gasteiger partial charge on any atom is -0.488 e. The number of carbonyl (C=O) groups excluding carboxylic acids is 2. The number of likely N-dealkylation sites (N-methyl/N-ethyl adjacent to an activating group) is 1. The van der Waals surface area contributed by atoms with Gasteiger partial charge in [-0.1, -0.05) is 25.1 Å². The minimum atomic E-state index is -3.80. The van der Waals surface area contributed by atoms with Gasteiger partial charge >= 0.3 is 6.03 Å². The van der Waals surface area contributed by atoms with Crippen molar-refractivity contribution in [1.29, 1.82) is 0 Å². The van der Waals surface area contributed by atoms with E-state index >= 15 is 0 Å². The average Bonchev–Trinajstić information content (AvgIpc) is 2.96. The molecule has 0 unspecified atom stereocenters. The smallest absolute Gasteiger partial charge is 0.323 e. The number of benzene rings is 3. The molecule has 3 aromatic rings. The molecule has 0 aliphatic carbocycles. The number of amides is 3. The maximum absolute atomic E-state index is 13.6. The number of ether oxygens (including phenoxy) is 1. The summed E-state index contributed by atoms with van der Waals surface area (Å²) in [5, 5.41) is 15.1. The van der Waals surface area contributed by atoms with Gasteiger partial charge in [0, 0.05) is 30.9 Å². The first-order valence-corrected chi connectivity index (χ1v) is 14.5. The number of urea groups is 1. The van der Waals surface area contributed by atoms with Crippen molar-refractivity contribution in [2.75, 3.05) is 37.4 Å². The van der Waals surface area contributed by atoms with Crippen molar-refractivity contribution in [2.24, 2.45) is 5.92 Å². The number of hydrogen-bond donors (Lipinski definition) is 3. The molecule has 1 aliphatic heterocycles. The summed E-state index contributed by atoms with van der Waals surface area (Å²) in [6.07, 6.45) is -0.640. The molecule has 0 saturated heterocycles. The van der Waals surface area contributed by atoms with E-state index in [1.807, 2.05) is 6.92 Å². The fourth-order valence-electron chi connectivity index (χ4n) is 4.47. The van der Waals surface area contributed by atoms with Crippen LogP contribution in [-0.2, 0) is 10.0 Å². The van der Waals surface area contributed by atoms with Gasteiger partial charge in [0.05, 0.1) is 29.7 Å². The first-order chi connectivity index (χ1) is 19.5. The second kappa shape index (κ2) is 12.7. The summed E-state index contributed by atoms with van der Waals surface area (Å²) in [5.41, 5.74) is 0.824. The molecule has 4 rings (SSSR count). The zero-order valence-electron chi connectivity index (χ0n) is 23.0. The zero-order valence-corrected chi connectivity index (χ0v) is 23.8. The van der Waals surface area contributed by atoms with Gasteiger partial charge in [-0.05, 0) is 61.5 Å². The lowest BCUT2D eigenvalue weighted by Gasteiger charge is -2.38. The van der Waals surface area contributed by atoms with E-state index in [-0.39, 0.29) is 41.8 Å². The third kappa shape index (κ3) is 7.02. The van der Waals surface area contributed by atoms with E-state index in [0.29, 0.717) is 11.4 Å². The number of hydrogen-bond acceptors (Lipinski definition) is 6. The first kappa shape index (κ1) is 30.0. The molecule has 1 aliphatic rings. The van der Waals surface area contributed by atoms with Crippen LogP contribution in [0.2, 0.25) is 0 Å². The Morgan fingerprint density at radius 3 is 2.39 bits per heavy atom. The van der Waals surface area contributed by atoms with E-state index < -0.39 is 39.9 Å². The molecule has 3 atom stereocenters. The lowest BCUT2D eigenvalue weighted by atomic mass is 9.99. The van der Waals surface area contributed by atoms with Gasteiger partial charge in [-0.25, -0.2) is 17.6 Å². The fraction of sp³-hybridized carbons (Fsp3) is 0.310. The number of anilines is 2. The van der Waals surface area contributed by atoms with Crippen molar-refractivity contribution in [3.8, 4) is 5.75 Å². The highest BCUT2D eigenvalue weighted by Crippen LogP contribution is 2.31. The number of carbonyl (C=O) groups is 2. The van der Waals surface area contributed by atoms with E-state index in [0.717, 1.165) is 0 Å². The van der Waals surface area contributed by atoms with E-state index in [4.69, 9.17) is 4.74 Å². The highest BCUT2D eigenvalue weighted by molar-refractivity contribution is 7.89. The molecule has 0 fully saturated rings. The van der Waals surface area contributed by atoms with Gasteiger partial charge in [0.15, 0.2) is 0 Å². The standard InChI is InChI=1S/C29H33FN4O6S/c1-19-16-34(20(2)18-35)28(36)25-15-23(32-29(37)31-22-11-9-21(30)10-12-22)13-14-26(25)40-27(19)17-33(3)41(38,39)24-7-5-4-6-8-24/h4-15,19-20,27,35H,16-18H2,1-3H3,(H2,31,32,37)/t19-,20+,27+/m1/s1. The topological polar surface area (TPSA) is 128 Å². The highest BCUT2D eigenvalue weighted by Gasteiger charge is 2.35. The van der Waals surface area contributed by atoms with Crippen molar-refractivity contribution in [3.63, 3.8) is 0 Å². The minimum absolute atomic E-state index is 0.00739. The summed E-state index contributed by atoms with van der Waals surface area (Å²) in [5.74, 6) is -0.917. The Morgan fingerprint density at radius 2 is 1.73 bits per heavy atom. The van der Waals surface area contributed by atoms with E-state index in [9.17, 15) is 27.5 Å². The largest absolute Gasteiger partial charge is 0.488 e. The van der Waals surface area contributed by atoms with E-state index in [1.54, 1.807) is 37.3 Å². The quantitative estimate of drug-likeness (QED) is 0.367. The molecule has 218 valence electrons. The first-order valence-electron chi connectivity index (χ1n) is 13.1. The number of sulfonamides is 1. The lowest BCUT2D eigenvalue weighted by molar-refractivity contribution is 0.0387. The molecule has 3 aromatic carbocycles. The van der Waals surface area contributed by atoms with Crippen LogP contribution in [0.25, 0.3) is 0 Å². The summed E-state index contributed by atoms with van der Waals surface area (Å²) in [6.45, 7) is 3.50. The molecule has 0 bridgehead atoms. The number of rotatable bonds is 8. The Bertz CT molecular complexity index is 1490. The Kier molecular flexibility index (Phi) is 9.26. The lowest BCUT2D eigenvalue weighted by Crippen LogP contribution is -2.50. The number of nitrogens with zero attached hydrogens (tertiary/aromatic N) is 2. The van der Waals surface area contributed by atoms with Crippen molar-refractivity contribution < 1.29 is 32.2 Å². The molecule has 41 heavy (non-hydrogen) atoms. The van der Waals surface area contributed by atoms with Crippen LogP contribution in [0, 0.1) is 11.7 Å². The summed E-state index contributed by atoms with van der Waals surface area (Å²) in [4.78, 5) is 27.9. The van der Waals surface area contributed by atoms with Gasteiger partial charge < -0.3 is 25.4 Å². The van der Waals surface area contributed by atoms with Crippen molar-refractivity contribution in [1.82, 2.24) is 9.21 Å². The molecule has 0 saturated carbocycles. The van der Waals surface area contributed by atoms with Gasteiger partial charge in [-0.2, -0.15) is 4.31 Å². The van der Waals surface area contributed by atoms with Crippen LogP contribution in [0.1, 0.15) is 24.2 Å². The third-order valence-electron chi connectivity index (χ3n) is 6.91. The van der Waals surface area contributed by atoms with Gasteiger partial charge in [0.1, 0.15) is 17.7 Å². The number of aliphatic hydroxyl groups is 1. The molecule has 3 N–H and O–H groups in total. The number of nitrogens with one attached hydrogen (secondary N) is 2. The van der Waals surface area contributed by atoms with Crippen LogP contribution in [0.3, 0.4) is 0 Å². The predicted octanol–water partition coefficient (Wildman–Crippen LogP) is 4.01. The Morgan fingerprint density at radius 1 is 1.10 bits per heavy atom. The fourth-order valence-corrected chi connectivity index (χ4v) is 5.67. The van der Waals surface area contributed by atoms with Crippen molar-refractivity contribution >= 4 is 33.3 Å². The molecule has 3 amide bonds. The SMILES string of the molecule is C[C@@H]1CN([C@@H](C)CO)C(=O)c2cc(NC(=O)Nc3ccc(F)cc3)ccc2O[C@H]1CN(C)S(=O)(=O)c1ccccc1. The number of fused-ring (bicyclic) bond motifs is 1. The second-order valence-electron chi connectivity index (χ2n) is 10.0. The summed E-state index contributed by atoms with van der Waals surface area (Å²) < 4.78 is 47.0. The normalized spacial score (nSPS) is 18.1. The second-order valence-corrected chi connectivity index (χ2v) is 12.1. The summed E-state index contributed by atoms with van der Waals surface area (Å²) in [7, 11) is -2.32. The molecule has 12 heteroatoms. The van der Waals surface area contributed by atoms with Crippen LogP contribution in [0.5, 0.6) is 5.75 Å². The monoisotopic (exact) mass is 584 g/mol. The van der Waals surface area contributed by atoms with Gasteiger partial charge in [-0.3, -0.25) is 4.79 Å². The average molecular weight is 585 g/mol. The molecule has 0 radical (unpaired) electrons. The Balaban J connectivity index is 1.61. The maximum Gasteiger partial charge on any atom is 0.323 e. The molecule has 10 nitrogen and oxygen atoms in total. The van der Waals surface area contributed by atoms with E-state index in [2.05, 4.69) is 10.6 Å². The van der Waals surface area contributed by atoms with Crippen LogP contribution < -0.4 is 15.4 Å². The zero-order chi connectivity index (χ0) is 29.7. The molecule has 0 aromatic heterocycles. The van der Waals surface area contributed by atoms with Crippen LogP contribution in [0.15, 0.2) is 77.7 Å². The third-order valence-corrected chi connectivity index (χ3v) is 8.75. The van der Waals surface area contributed by atoms with Gasteiger partial charge in [0.25, 0.3) is 5.91 Å². The van der Waals surface area contributed by atoms with Gasteiger partial charge in [-0.15, -0.1) is 0 Å².